The minimum atomic E-state index is -0.383. The fourth-order valence-electron chi connectivity index (χ4n) is 2.90. The number of esters is 1. The van der Waals surface area contributed by atoms with Crippen molar-refractivity contribution in [3.05, 3.63) is 46.4 Å². The molecule has 0 aliphatic rings. The summed E-state index contributed by atoms with van der Waals surface area (Å²) in [6, 6.07) is 7.77. The quantitative estimate of drug-likeness (QED) is 0.432. The molecular formula is C20H18N4O3S2. The maximum Gasteiger partial charge on any atom is 0.339 e. The van der Waals surface area contributed by atoms with Gasteiger partial charge in [0.25, 0.3) is 0 Å². The topological polar surface area (TPSA) is 86.2 Å². The van der Waals surface area contributed by atoms with Gasteiger partial charge in [-0.25, -0.2) is 19.7 Å². The number of benzene rings is 1. The van der Waals surface area contributed by atoms with Crippen molar-refractivity contribution in [2.45, 2.75) is 13.8 Å². The number of carbonyl (C=O) groups is 1. The fourth-order valence-corrected chi connectivity index (χ4v) is 4.61. The molecule has 0 saturated heterocycles. The van der Waals surface area contributed by atoms with Crippen molar-refractivity contribution in [3.8, 4) is 17.0 Å². The summed E-state index contributed by atoms with van der Waals surface area (Å²) in [5.41, 5.74) is 2.35. The third-order valence-corrected chi connectivity index (χ3v) is 6.02. The number of aromatic nitrogens is 3. The van der Waals surface area contributed by atoms with E-state index < -0.39 is 0 Å². The van der Waals surface area contributed by atoms with Crippen LogP contribution < -0.4 is 10.1 Å². The van der Waals surface area contributed by atoms with E-state index in [2.05, 4.69) is 15.3 Å². The number of rotatable bonds is 6. The smallest absolute Gasteiger partial charge is 0.339 e. The van der Waals surface area contributed by atoms with E-state index in [9.17, 15) is 4.79 Å². The molecule has 1 N–H and O–H groups in total. The van der Waals surface area contributed by atoms with Crippen molar-refractivity contribution in [1.29, 1.82) is 0 Å². The molecule has 0 fully saturated rings. The minimum Gasteiger partial charge on any atom is -0.497 e. The van der Waals surface area contributed by atoms with Gasteiger partial charge in [0.05, 0.1) is 30.4 Å². The highest BCUT2D eigenvalue weighted by Crippen LogP contribution is 2.35. The molecule has 0 spiro atoms. The number of carbonyl (C=O) groups excluding carboxylic acids is 1. The molecule has 3 aromatic heterocycles. The van der Waals surface area contributed by atoms with E-state index in [-0.39, 0.29) is 5.97 Å². The molecule has 9 heteroatoms. The van der Waals surface area contributed by atoms with Crippen LogP contribution in [0.5, 0.6) is 5.75 Å². The number of methoxy groups -OCH3 is 1. The van der Waals surface area contributed by atoms with E-state index >= 15 is 0 Å². The maximum atomic E-state index is 12.3. The second kappa shape index (κ2) is 8.14. The summed E-state index contributed by atoms with van der Waals surface area (Å²) >= 11 is 2.90. The highest BCUT2D eigenvalue weighted by Gasteiger charge is 2.19. The molecule has 7 nitrogen and oxygen atoms in total. The van der Waals surface area contributed by atoms with Gasteiger partial charge in [0.2, 0.25) is 0 Å². The zero-order chi connectivity index (χ0) is 20.4. The van der Waals surface area contributed by atoms with Gasteiger partial charge in [-0.3, -0.25) is 0 Å². The van der Waals surface area contributed by atoms with Crippen LogP contribution in [0.4, 0.5) is 10.9 Å². The van der Waals surface area contributed by atoms with Crippen LogP contribution in [0.2, 0.25) is 0 Å². The van der Waals surface area contributed by atoms with Gasteiger partial charge in [-0.15, -0.1) is 22.7 Å². The molecule has 4 aromatic rings. The number of thiazole rings is 1. The summed E-state index contributed by atoms with van der Waals surface area (Å²) in [5, 5.41) is 6.34. The van der Waals surface area contributed by atoms with Crippen LogP contribution >= 0.6 is 22.7 Å². The average molecular weight is 427 g/mol. The minimum absolute atomic E-state index is 0.309. The van der Waals surface area contributed by atoms with Gasteiger partial charge in [0, 0.05) is 15.8 Å². The molecule has 4 rings (SSSR count). The molecule has 1 aromatic carbocycles. The Labute approximate surface area is 175 Å². The molecule has 0 aliphatic carbocycles. The van der Waals surface area contributed by atoms with Gasteiger partial charge in [-0.1, -0.05) is 0 Å². The standard InChI is InChI=1S/C20H18N4O3S2/c1-4-27-19(25)14-9-28-18-15(14)17(21-10-22-18)24-20-23-16(11(2)29-20)12-5-7-13(26-3)8-6-12/h5-10H,4H2,1-3H3,(H,21,22,23,24). The number of aryl methyl sites for hydroxylation is 1. The van der Waals surface area contributed by atoms with Gasteiger partial charge in [0.1, 0.15) is 22.7 Å². The van der Waals surface area contributed by atoms with Crippen molar-refractivity contribution in [1.82, 2.24) is 15.0 Å². The average Bonchev–Trinajstić information content (AvgIpc) is 3.32. The second-order valence-electron chi connectivity index (χ2n) is 6.05. The zero-order valence-corrected chi connectivity index (χ0v) is 17.7. The SMILES string of the molecule is CCOC(=O)c1csc2ncnc(Nc3nc(-c4ccc(OC)cc4)c(C)s3)c12. The van der Waals surface area contributed by atoms with Gasteiger partial charge in [-0.2, -0.15) is 0 Å². The van der Waals surface area contributed by atoms with Gasteiger partial charge in [-0.05, 0) is 38.1 Å². The third-order valence-electron chi connectivity index (χ3n) is 4.25. The van der Waals surface area contributed by atoms with Crippen molar-refractivity contribution < 1.29 is 14.3 Å². The van der Waals surface area contributed by atoms with Gasteiger partial charge < -0.3 is 14.8 Å². The molecule has 148 valence electrons. The third kappa shape index (κ3) is 3.79. The van der Waals surface area contributed by atoms with Crippen LogP contribution in [-0.4, -0.2) is 34.6 Å². The number of nitrogens with zero attached hydrogens (tertiary/aromatic N) is 3. The maximum absolute atomic E-state index is 12.3. The Kier molecular flexibility index (Phi) is 5.41. The summed E-state index contributed by atoms with van der Waals surface area (Å²) in [7, 11) is 1.64. The Balaban J connectivity index is 1.68. The van der Waals surface area contributed by atoms with Crippen LogP contribution in [-0.2, 0) is 4.74 Å². The summed E-state index contributed by atoms with van der Waals surface area (Å²) in [6.45, 7) is 4.11. The Morgan fingerprint density at radius 3 is 2.72 bits per heavy atom. The first-order valence-corrected chi connectivity index (χ1v) is 10.6. The van der Waals surface area contributed by atoms with Crippen molar-refractivity contribution >= 4 is 49.8 Å². The van der Waals surface area contributed by atoms with Crippen LogP contribution in [0.15, 0.2) is 36.0 Å². The largest absolute Gasteiger partial charge is 0.497 e. The molecule has 0 saturated carbocycles. The van der Waals surface area contributed by atoms with Crippen molar-refractivity contribution in [2.24, 2.45) is 0 Å². The predicted octanol–water partition coefficient (Wildman–Crippen LogP) is 5.05. The first-order valence-electron chi connectivity index (χ1n) is 8.89. The lowest BCUT2D eigenvalue weighted by atomic mass is 10.1. The van der Waals surface area contributed by atoms with E-state index in [4.69, 9.17) is 14.5 Å². The second-order valence-corrected chi connectivity index (χ2v) is 8.11. The molecule has 3 heterocycles. The lowest BCUT2D eigenvalue weighted by Crippen LogP contribution is -2.05. The first-order chi connectivity index (χ1) is 14.1. The lowest BCUT2D eigenvalue weighted by Gasteiger charge is -2.05. The fraction of sp³-hybridized carbons (Fsp3) is 0.200. The Morgan fingerprint density at radius 1 is 1.21 bits per heavy atom. The van der Waals surface area contributed by atoms with E-state index in [1.54, 1.807) is 19.4 Å². The zero-order valence-electron chi connectivity index (χ0n) is 16.1. The number of hydrogen-bond donors (Lipinski definition) is 1. The number of hydrogen-bond acceptors (Lipinski definition) is 9. The lowest BCUT2D eigenvalue weighted by molar-refractivity contribution is 0.0529. The molecular weight excluding hydrogens is 408 g/mol. The van der Waals surface area contributed by atoms with Crippen LogP contribution in [0.3, 0.4) is 0 Å². The first kappa shape index (κ1) is 19.3. The number of thiophene rings is 1. The molecule has 0 atom stereocenters. The summed E-state index contributed by atoms with van der Waals surface area (Å²) < 4.78 is 10.4. The molecule has 0 unspecified atom stereocenters. The van der Waals surface area contributed by atoms with Crippen molar-refractivity contribution in [2.75, 3.05) is 19.0 Å². The number of ether oxygens (including phenoxy) is 2. The van der Waals surface area contributed by atoms with Crippen LogP contribution in [0, 0.1) is 6.92 Å². The number of nitrogens with one attached hydrogen (secondary N) is 1. The van der Waals surface area contributed by atoms with Crippen LogP contribution in [0.25, 0.3) is 21.5 Å². The van der Waals surface area contributed by atoms with Gasteiger partial charge in [0.15, 0.2) is 5.13 Å². The summed E-state index contributed by atoms with van der Waals surface area (Å²) in [6.07, 6.45) is 1.47. The Bertz CT molecular complexity index is 1170. The molecule has 0 radical (unpaired) electrons. The normalized spacial score (nSPS) is 10.9. The number of anilines is 2. The number of fused-ring (bicyclic) bond motifs is 1. The van der Waals surface area contributed by atoms with Crippen LogP contribution in [0.1, 0.15) is 22.2 Å². The Morgan fingerprint density at radius 2 is 2.00 bits per heavy atom. The van der Waals surface area contributed by atoms with E-state index in [0.29, 0.717) is 33.3 Å². The summed E-state index contributed by atoms with van der Waals surface area (Å²) in [4.78, 5) is 27.4. The van der Waals surface area contributed by atoms with Gasteiger partial charge >= 0.3 is 5.97 Å². The molecule has 0 bridgehead atoms. The van der Waals surface area contributed by atoms with E-state index in [0.717, 1.165) is 21.9 Å². The highest BCUT2D eigenvalue weighted by atomic mass is 32.1. The van der Waals surface area contributed by atoms with E-state index in [1.165, 1.54) is 29.0 Å². The summed E-state index contributed by atoms with van der Waals surface area (Å²) in [5.74, 6) is 0.951. The molecule has 0 amide bonds. The monoisotopic (exact) mass is 426 g/mol. The predicted molar refractivity (Wildman–Crippen MR) is 115 cm³/mol. The Hall–Kier alpha value is -3.04. The van der Waals surface area contributed by atoms with Crippen molar-refractivity contribution in [3.63, 3.8) is 0 Å². The molecule has 29 heavy (non-hydrogen) atoms. The van der Waals surface area contributed by atoms with E-state index in [1.807, 2.05) is 31.2 Å². The highest BCUT2D eigenvalue weighted by molar-refractivity contribution is 7.17. The molecule has 0 aliphatic heterocycles.